The maximum absolute atomic E-state index is 9.34. The van der Waals surface area contributed by atoms with Gasteiger partial charge in [0.15, 0.2) is 8.38 Å². The number of hydrogen-bond donors (Lipinski definition) is 3. The van der Waals surface area contributed by atoms with Crippen molar-refractivity contribution in [3.05, 3.63) is 11.9 Å². The third-order valence-electron chi connectivity index (χ3n) is 2.03. The maximum atomic E-state index is 9.34. The quantitative estimate of drug-likeness (QED) is 0.420. The van der Waals surface area contributed by atoms with Gasteiger partial charge in [-0.1, -0.05) is 0 Å². The van der Waals surface area contributed by atoms with Gasteiger partial charge in [-0.2, -0.15) is 5.06 Å². The highest BCUT2D eigenvalue weighted by Gasteiger charge is 2.19. The van der Waals surface area contributed by atoms with Gasteiger partial charge in [0.1, 0.15) is 7.85 Å². The summed E-state index contributed by atoms with van der Waals surface area (Å²) in [6.07, 6.45) is 2.08. The molecule has 5 nitrogen and oxygen atoms in total. The highest BCUT2D eigenvalue weighted by Crippen LogP contribution is 2.25. The monoisotopic (exact) mass is 219 g/mol. The highest BCUT2D eigenvalue weighted by atomic mass is 31.2. The number of hydrogen-bond acceptors (Lipinski definition) is 5. The first-order valence-electron chi connectivity index (χ1n) is 4.52. The minimum atomic E-state index is -2.02. The summed E-state index contributed by atoms with van der Waals surface area (Å²) in [5, 5.41) is 10.5. The van der Waals surface area contributed by atoms with Crippen LogP contribution in [0.1, 0.15) is 6.42 Å². The van der Waals surface area contributed by atoms with Crippen LogP contribution in [0.2, 0.25) is 0 Å². The van der Waals surface area contributed by atoms with Crippen molar-refractivity contribution in [3.8, 4) is 0 Å². The topological polar surface area (TPSA) is 73.2 Å². The van der Waals surface area contributed by atoms with Crippen molar-refractivity contribution >= 4 is 16.2 Å². The Hall–Kier alpha value is 0.0349. The summed E-state index contributed by atoms with van der Waals surface area (Å²) >= 11 is 0. The molecule has 0 amide bonds. The van der Waals surface area contributed by atoms with Crippen LogP contribution in [0.15, 0.2) is 11.9 Å². The summed E-state index contributed by atoms with van der Waals surface area (Å²) in [5.41, 5.74) is 0. The van der Waals surface area contributed by atoms with Gasteiger partial charge in [0.05, 0.1) is 12.6 Å². The van der Waals surface area contributed by atoms with Gasteiger partial charge >= 0.3 is 0 Å². The van der Waals surface area contributed by atoms with Crippen LogP contribution in [0.3, 0.4) is 0 Å². The molecule has 1 aliphatic rings. The van der Waals surface area contributed by atoms with Gasteiger partial charge in [-0.05, 0) is 18.3 Å². The first kappa shape index (κ1) is 12.1. The summed E-state index contributed by atoms with van der Waals surface area (Å²) in [7, 11) is -0.0920. The Morgan fingerprint density at radius 2 is 2.21 bits per heavy atom. The van der Waals surface area contributed by atoms with E-state index in [1.165, 1.54) is 10.9 Å². The molecule has 0 aliphatic carbocycles. The Balaban J connectivity index is 2.49. The molecule has 2 atom stereocenters. The first-order valence-corrected chi connectivity index (χ1v) is 5.84. The summed E-state index contributed by atoms with van der Waals surface area (Å²) in [6.45, 7) is 0.947. The molecule has 1 heterocycles. The van der Waals surface area contributed by atoms with E-state index in [-0.39, 0.29) is 12.1 Å². The number of rotatable bonds is 2. The SMILES string of the molecule is BC1CCN(O)CC(/C=C/P(O)O)O1. The van der Waals surface area contributed by atoms with Crippen LogP contribution in [-0.2, 0) is 4.74 Å². The number of hydroxylamine groups is 2. The molecular formula is C7H15BNO4P. The molecule has 2 unspecified atom stereocenters. The first-order chi connectivity index (χ1) is 6.58. The second-order valence-corrected chi connectivity index (χ2v) is 4.29. The molecule has 3 N–H and O–H groups in total. The Morgan fingerprint density at radius 3 is 2.86 bits per heavy atom. The van der Waals surface area contributed by atoms with E-state index in [0.29, 0.717) is 13.1 Å². The third kappa shape index (κ3) is 4.51. The van der Waals surface area contributed by atoms with Gasteiger partial charge in [-0.3, -0.25) is 0 Å². The van der Waals surface area contributed by atoms with Crippen molar-refractivity contribution in [3.63, 3.8) is 0 Å². The summed E-state index contributed by atoms with van der Waals surface area (Å²) in [6, 6.07) is 0.0745. The van der Waals surface area contributed by atoms with Gasteiger partial charge in [0, 0.05) is 12.5 Å². The van der Waals surface area contributed by atoms with E-state index < -0.39 is 8.38 Å². The second kappa shape index (κ2) is 5.80. The fourth-order valence-corrected chi connectivity index (χ4v) is 1.66. The minimum absolute atomic E-state index is 0.0745. The molecule has 0 aromatic rings. The van der Waals surface area contributed by atoms with Gasteiger partial charge in [0.25, 0.3) is 0 Å². The van der Waals surface area contributed by atoms with Crippen LogP contribution in [0, 0.1) is 0 Å². The summed E-state index contributed by atoms with van der Waals surface area (Å²) < 4.78 is 5.53. The zero-order chi connectivity index (χ0) is 10.6. The molecule has 80 valence electrons. The molecule has 0 aromatic carbocycles. The normalized spacial score (nSPS) is 31.1. The molecule has 0 spiro atoms. The van der Waals surface area contributed by atoms with Gasteiger partial charge < -0.3 is 19.7 Å². The van der Waals surface area contributed by atoms with Crippen LogP contribution in [0.25, 0.3) is 0 Å². The van der Waals surface area contributed by atoms with Crippen molar-refractivity contribution in [2.45, 2.75) is 18.5 Å². The van der Waals surface area contributed by atoms with E-state index in [0.717, 1.165) is 6.42 Å². The minimum Gasteiger partial charge on any atom is -0.378 e. The maximum Gasteiger partial charge on any atom is 0.191 e. The van der Waals surface area contributed by atoms with E-state index >= 15 is 0 Å². The van der Waals surface area contributed by atoms with Crippen molar-refractivity contribution in [1.82, 2.24) is 5.06 Å². The van der Waals surface area contributed by atoms with Gasteiger partial charge in [-0.15, -0.1) is 0 Å². The number of ether oxygens (including phenoxy) is 1. The Labute approximate surface area is 85.3 Å². The van der Waals surface area contributed by atoms with Crippen molar-refractivity contribution < 1.29 is 19.7 Å². The predicted octanol–water partition coefficient (Wildman–Crippen LogP) is -0.764. The van der Waals surface area contributed by atoms with Crippen LogP contribution in [0.4, 0.5) is 0 Å². The summed E-state index contributed by atoms with van der Waals surface area (Å²) in [4.78, 5) is 17.4. The smallest absolute Gasteiger partial charge is 0.191 e. The molecular weight excluding hydrogens is 204 g/mol. The molecule has 7 heteroatoms. The van der Waals surface area contributed by atoms with E-state index in [1.54, 1.807) is 6.08 Å². The van der Waals surface area contributed by atoms with E-state index in [4.69, 9.17) is 14.5 Å². The summed E-state index contributed by atoms with van der Waals surface area (Å²) in [5.74, 6) is 1.30. The van der Waals surface area contributed by atoms with Gasteiger partial charge in [0.2, 0.25) is 0 Å². The zero-order valence-corrected chi connectivity index (χ0v) is 8.97. The van der Waals surface area contributed by atoms with E-state index in [2.05, 4.69) is 0 Å². The highest BCUT2D eigenvalue weighted by molar-refractivity contribution is 7.48. The lowest BCUT2D eigenvalue weighted by atomic mass is 9.97. The third-order valence-corrected chi connectivity index (χ3v) is 2.46. The van der Waals surface area contributed by atoms with Gasteiger partial charge in [-0.25, -0.2) is 0 Å². The standard InChI is InChI=1S/C7H15BNO4P/c8-7-1-3-9(10)5-6(13-7)2-4-14(11)12/h2,4,6-7,10-12H,1,3,5,8H2/b4-2+. The van der Waals surface area contributed by atoms with Crippen LogP contribution in [-0.4, -0.2) is 53.1 Å². The largest absolute Gasteiger partial charge is 0.378 e. The lowest BCUT2D eigenvalue weighted by Gasteiger charge is -2.16. The molecule has 0 saturated carbocycles. The number of nitrogens with zero attached hydrogens (tertiary/aromatic N) is 1. The van der Waals surface area contributed by atoms with Crippen LogP contribution >= 0.6 is 8.38 Å². The lowest BCUT2D eigenvalue weighted by Crippen LogP contribution is -2.27. The Morgan fingerprint density at radius 1 is 1.50 bits per heavy atom. The van der Waals surface area contributed by atoms with Crippen LogP contribution in [0.5, 0.6) is 0 Å². The van der Waals surface area contributed by atoms with Crippen molar-refractivity contribution in [2.75, 3.05) is 13.1 Å². The second-order valence-electron chi connectivity index (χ2n) is 3.35. The Bertz CT molecular complexity index is 192. The average Bonchev–Trinajstić information content (AvgIpc) is 2.25. The lowest BCUT2D eigenvalue weighted by molar-refractivity contribution is -0.0973. The molecule has 14 heavy (non-hydrogen) atoms. The molecule has 0 bridgehead atoms. The van der Waals surface area contributed by atoms with Crippen molar-refractivity contribution in [1.29, 1.82) is 0 Å². The van der Waals surface area contributed by atoms with Crippen molar-refractivity contribution in [2.24, 2.45) is 0 Å². The van der Waals surface area contributed by atoms with Crippen LogP contribution < -0.4 is 0 Å². The average molecular weight is 219 g/mol. The fourth-order valence-electron chi connectivity index (χ4n) is 1.32. The molecule has 0 radical (unpaired) electrons. The zero-order valence-electron chi connectivity index (χ0n) is 8.08. The molecule has 1 fully saturated rings. The molecule has 1 rings (SSSR count). The van der Waals surface area contributed by atoms with E-state index in [9.17, 15) is 5.21 Å². The van der Waals surface area contributed by atoms with E-state index in [1.807, 2.05) is 7.85 Å². The molecule has 0 aromatic heterocycles. The predicted molar refractivity (Wildman–Crippen MR) is 55.7 cm³/mol. The molecule has 1 saturated heterocycles. The molecule has 1 aliphatic heterocycles. The Kier molecular flexibility index (Phi) is 5.02. The fraction of sp³-hybridized carbons (Fsp3) is 0.714.